The Balaban J connectivity index is 2.35. The Labute approximate surface area is 158 Å². The van der Waals surface area contributed by atoms with E-state index in [0.29, 0.717) is 39.0 Å². The van der Waals surface area contributed by atoms with Crippen molar-refractivity contribution in [1.82, 2.24) is 5.06 Å². The van der Waals surface area contributed by atoms with Crippen LogP contribution in [-0.4, -0.2) is 37.6 Å². The molecule has 1 atom stereocenters. The summed E-state index contributed by atoms with van der Waals surface area (Å²) in [7, 11) is 4.62. The zero-order valence-corrected chi connectivity index (χ0v) is 15.6. The summed E-state index contributed by atoms with van der Waals surface area (Å²) in [5, 5.41) is 10.2. The molecule has 2 rings (SSSR count). The van der Waals surface area contributed by atoms with Gasteiger partial charge < -0.3 is 19.9 Å². The standard InChI is InChI=1S/C20H22N2O5/c1-13(22(24)20(21)23)16-7-5-6-14(10-16)8-9-15-11-17(25-2)19(27-4)18(12-15)26-3/h5-7,10-13,24H,1-4H3,(H2,21,23). The summed E-state index contributed by atoms with van der Waals surface area (Å²) >= 11 is 0. The Morgan fingerprint density at radius 1 is 1.04 bits per heavy atom. The lowest BCUT2D eigenvalue weighted by Crippen LogP contribution is -2.34. The van der Waals surface area contributed by atoms with Crippen LogP contribution in [0.15, 0.2) is 36.4 Å². The number of primary amides is 1. The minimum absolute atomic E-state index is 0.478. The lowest BCUT2D eigenvalue weighted by atomic mass is 10.0. The fourth-order valence-electron chi connectivity index (χ4n) is 2.51. The molecule has 2 aromatic rings. The fourth-order valence-corrected chi connectivity index (χ4v) is 2.51. The summed E-state index contributed by atoms with van der Waals surface area (Å²) in [4.78, 5) is 11.1. The van der Waals surface area contributed by atoms with E-state index in [9.17, 15) is 10.0 Å². The molecule has 0 heterocycles. The minimum Gasteiger partial charge on any atom is -0.493 e. The number of carbonyl (C=O) groups excluding carboxylic acids is 1. The number of methoxy groups -OCH3 is 3. The third-order valence-corrected chi connectivity index (χ3v) is 3.98. The predicted octanol–water partition coefficient (Wildman–Crippen LogP) is 2.94. The first-order valence-electron chi connectivity index (χ1n) is 8.10. The smallest absolute Gasteiger partial charge is 0.339 e. The zero-order valence-electron chi connectivity index (χ0n) is 15.6. The SMILES string of the molecule is COc1cc(C#Cc2cccc(C(C)N(O)C(N)=O)c2)cc(OC)c1OC. The number of benzene rings is 2. The molecule has 0 aliphatic carbocycles. The third kappa shape index (κ3) is 4.63. The van der Waals surface area contributed by atoms with E-state index >= 15 is 0 Å². The van der Waals surface area contributed by atoms with Gasteiger partial charge in [-0.2, -0.15) is 5.06 Å². The van der Waals surface area contributed by atoms with Crippen molar-refractivity contribution in [2.45, 2.75) is 13.0 Å². The van der Waals surface area contributed by atoms with Gasteiger partial charge in [-0.3, -0.25) is 5.21 Å². The molecule has 0 saturated heterocycles. The quantitative estimate of drug-likeness (QED) is 0.479. The van der Waals surface area contributed by atoms with Crippen LogP contribution >= 0.6 is 0 Å². The lowest BCUT2D eigenvalue weighted by Gasteiger charge is -2.20. The van der Waals surface area contributed by atoms with Gasteiger partial charge in [-0.25, -0.2) is 4.79 Å². The van der Waals surface area contributed by atoms with Gasteiger partial charge in [0.15, 0.2) is 11.5 Å². The topological polar surface area (TPSA) is 94.2 Å². The number of rotatable bonds is 5. The van der Waals surface area contributed by atoms with Crippen LogP contribution in [0, 0.1) is 11.8 Å². The van der Waals surface area contributed by atoms with Crippen molar-refractivity contribution < 1.29 is 24.2 Å². The second-order valence-corrected chi connectivity index (χ2v) is 5.65. The largest absolute Gasteiger partial charge is 0.493 e. The third-order valence-electron chi connectivity index (χ3n) is 3.98. The van der Waals surface area contributed by atoms with Crippen molar-refractivity contribution in [2.24, 2.45) is 5.73 Å². The van der Waals surface area contributed by atoms with Gasteiger partial charge in [-0.1, -0.05) is 24.0 Å². The normalized spacial score (nSPS) is 11.0. The first kappa shape index (κ1) is 19.9. The molecule has 0 radical (unpaired) electrons. The van der Waals surface area contributed by atoms with Crippen molar-refractivity contribution in [2.75, 3.05) is 21.3 Å². The van der Waals surface area contributed by atoms with Crippen LogP contribution in [0.5, 0.6) is 17.2 Å². The molecule has 3 N–H and O–H groups in total. The Kier molecular flexibility index (Phi) is 6.52. The van der Waals surface area contributed by atoms with Gasteiger partial charge in [0, 0.05) is 11.1 Å². The van der Waals surface area contributed by atoms with E-state index in [0.717, 1.165) is 0 Å². The van der Waals surface area contributed by atoms with Crippen LogP contribution in [0.1, 0.15) is 29.7 Å². The van der Waals surface area contributed by atoms with Crippen LogP contribution in [0.25, 0.3) is 0 Å². The van der Waals surface area contributed by atoms with Crippen LogP contribution in [0.4, 0.5) is 4.79 Å². The van der Waals surface area contributed by atoms with Crippen molar-refractivity contribution in [3.05, 3.63) is 53.1 Å². The molecule has 7 nitrogen and oxygen atoms in total. The van der Waals surface area contributed by atoms with Gasteiger partial charge in [-0.15, -0.1) is 0 Å². The number of ether oxygens (including phenoxy) is 3. The highest BCUT2D eigenvalue weighted by molar-refractivity contribution is 5.71. The number of hydrogen-bond donors (Lipinski definition) is 2. The van der Waals surface area contributed by atoms with E-state index in [4.69, 9.17) is 19.9 Å². The van der Waals surface area contributed by atoms with Crippen LogP contribution in [0.3, 0.4) is 0 Å². The summed E-state index contributed by atoms with van der Waals surface area (Å²) in [6.07, 6.45) is 0. The highest BCUT2D eigenvalue weighted by Gasteiger charge is 2.17. The number of nitrogens with two attached hydrogens (primary N) is 1. The van der Waals surface area contributed by atoms with Gasteiger partial charge in [0.1, 0.15) is 0 Å². The maximum Gasteiger partial charge on any atom is 0.339 e. The Bertz CT molecular complexity index is 860. The number of nitrogens with zero attached hydrogens (tertiary/aromatic N) is 1. The van der Waals surface area contributed by atoms with Gasteiger partial charge in [-0.05, 0) is 36.8 Å². The average Bonchev–Trinajstić information content (AvgIpc) is 2.70. The number of hydroxylamine groups is 2. The summed E-state index contributed by atoms with van der Waals surface area (Å²) in [5.74, 6) is 7.62. The maximum atomic E-state index is 11.1. The summed E-state index contributed by atoms with van der Waals surface area (Å²) in [5.41, 5.74) is 7.20. The van der Waals surface area contributed by atoms with Crippen molar-refractivity contribution in [1.29, 1.82) is 0 Å². The van der Waals surface area contributed by atoms with E-state index in [1.54, 1.807) is 51.5 Å². The van der Waals surface area contributed by atoms with Gasteiger partial charge in [0.05, 0.1) is 27.4 Å². The number of carbonyl (C=O) groups is 1. The molecule has 2 aromatic carbocycles. The molecule has 0 aromatic heterocycles. The molecule has 0 aliphatic rings. The molecule has 0 spiro atoms. The first-order chi connectivity index (χ1) is 12.9. The van der Waals surface area contributed by atoms with Gasteiger partial charge in [0.25, 0.3) is 0 Å². The van der Waals surface area contributed by atoms with Gasteiger partial charge >= 0.3 is 6.03 Å². The Hall–Kier alpha value is -3.37. The minimum atomic E-state index is -0.920. The number of hydrogen-bond acceptors (Lipinski definition) is 5. The molecule has 27 heavy (non-hydrogen) atoms. The summed E-state index contributed by atoms with van der Waals surface area (Å²) in [6.45, 7) is 1.66. The molecule has 0 fully saturated rings. The van der Waals surface area contributed by atoms with Crippen LogP contribution < -0.4 is 19.9 Å². The molecular weight excluding hydrogens is 348 g/mol. The molecule has 1 unspecified atom stereocenters. The second-order valence-electron chi connectivity index (χ2n) is 5.65. The number of amides is 2. The number of urea groups is 1. The van der Waals surface area contributed by atoms with E-state index < -0.39 is 12.1 Å². The highest BCUT2D eigenvalue weighted by Crippen LogP contribution is 2.37. The molecule has 0 saturated carbocycles. The lowest BCUT2D eigenvalue weighted by molar-refractivity contribution is -0.0710. The molecule has 0 aliphatic heterocycles. The van der Waals surface area contributed by atoms with E-state index in [1.165, 1.54) is 7.11 Å². The molecule has 2 amide bonds. The van der Waals surface area contributed by atoms with E-state index in [2.05, 4.69) is 11.8 Å². The highest BCUT2D eigenvalue weighted by atomic mass is 16.5. The summed E-state index contributed by atoms with van der Waals surface area (Å²) in [6, 6.07) is 9.17. The van der Waals surface area contributed by atoms with Crippen molar-refractivity contribution in [3.8, 4) is 29.1 Å². The van der Waals surface area contributed by atoms with E-state index in [1.807, 2.05) is 6.07 Å². The molecule has 0 bridgehead atoms. The monoisotopic (exact) mass is 370 g/mol. The fraction of sp³-hybridized carbons (Fsp3) is 0.250. The van der Waals surface area contributed by atoms with Crippen molar-refractivity contribution >= 4 is 6.03 Å². The molecular formula is C20H22N2O5. The zero-order chi connectivity index (χ0) is 20.0. The Morgan fingerprint density at radius 2 is 1.63 bits per heavy atom. The predicted molar refractivity (Wildman–Crippen MR) is 100 cm³/mol. The summed E-state index contributed by atoms with van der Waals surface area (Å²) < 4.78 is 15.9. The van der Waals surface area contributed by atoms with Crippen LogP contribution in [-0.2, 0) is 0 Å². The van der Waals surface area contributed by atoms with E-state index in [-0.39, 0.29) is 0 Å². The maximum absolute atomic E-state index is 11.1. The molecule has 7 heteroatoms. The van der Waals surface area contributed by atoms with Crippen LogP contribution in [0.2, 0.25) is 0 Å². The molecule has 142 valence electrons. The second kappa shape index (κ2) is 8.83. The van der Waals surface area contributed by atoms with Gasteiger partial charge in [0.2, 0.25) is 5.75 Å². The van der Waals surface area contributed by atoms with Crippen molar-refractivity contribution in [3.63, 3.8) is 0 Å². The Morgan fingerprint density at radius 3 is 2.15 bits per heavy atom. The first-order valence-corrected chi connectivity index (χ1v) is 8.10. The average molecular weight is 370 g/mol.